The maximum Gasteiger partial charge on any atom is 0.161 e. The Kier molecular flexibility index (Phi) is 18.2. The van der Waals surface area contributed by atoms with Crippen molar-refractivity contribution in [3.05, 3.63) is 23.8 Å². The lowest BCUT2D eigenvalue weighted by Gasteiger charge is -2.34. The van der Waals surface area contributed by atoms with E-state index in [1.54, 1.807) is 14.2 Å². The van der Waals surface area contributed by atoms with E-state index in [9.17, 15) is 0 Å². The monoisotopic (exact) mass is 484 g/mol. The van der Waals surface area contributed by atoms with E-state index < -0.39 is 0 Å². The zero-order valence-electron chi connectivity index (χ0n) is 18.6. The number of nitrogens with zero attached hydrogens (tertiary/aromatic N) is 2. The first-order valence-electron chi connectivity index (χ1n) is 10.3. The van der Waals surface area contributed by atoms with E-state index in [-0.39, 0.29) is 31.4 Å². The Morgan fingerprint density at radius 1 is 0.742 bits per heavy atom. The molecule has 8 nitrogen and oxygen atoms in total. The summed E-state index contributed by atoms with van der Waals surface area (Å²) in [5.41, 5.74) is 1.24. The molecule has 0 unspecified atom stereocenters. The second kappa shape index (κ2) is 18.7. The lowest BCUT2D eigenvalue weighted by molar-refractivity contribution is 0.00245. The Morgan fingerprint density at radius 3 is 1.87 bits per heavy atom. The minimum absolute atomic E-state index is 0. The van der Waals surface area contributed by atoms with Gasteiger partial charge in [0, 0.05) is 39.3 Å². The molecule has 0 aromatic heterocycles. The van der Waals surface area contributed by atoms with Gasteiger partial charge in [0.2, 0.25) is 0 Å². The van der Waals surface area contributed by atoms with Crippen LogP contribution in [0.25, 0.3) is 0 Å². The molecule has 1 saturated heterocycles. The molecule has 0 amide bonds. The van der Waals surface area contributed by atoms with Crippen LogP contribution in [0, 0.1) is 0 Å². The average Bonchev–Trinajstić information content (AvgIpc) is 2.76. The summed E-state index contributed by atoms with van der Waals surface area (Å²) in [6, 6.07) is 6.12. The summed E-state index contributed by atoms with van der Waals surface area (Å²) in [4.78, 5) is 4.90. The highest BCUT2D eigenvalue weighted by molar-refractivity contribution is 5.85. The van der Waals surface area contributed by atoms with Gasteiger partial charge < -0.3 is 28.8 Å². The van der Waals surface area contributed by atoms with Crippen LogP contribution in [0.2, 0.25) is 0 Å². The maximum atomic E-state index is 8.59. The molecule has 0 bridgehead atoms. The van der Waals surface area contributed by atoms with Crippen LogP contribution >= 0.6 is 24.8 Å². The van der Waals surface area contributed by atoms with Gasteiger partial charge in [0.25, 0.3) is 0 Å². The van der Waals surface area contributed by atoms with Crippen LogP contribution in [0.5, 0.6) is 11.5 Å². The molecule has 1 aromatic carbocycles. The minimum atomic E-state index is 0. The van der Waals surface area contributed by atoms with E-state index in [0.717, 1.165) is 57.4 Å². The van der Waals surface area contributed by atoms with Gasteiger partial charge in [-0.2, -0.15) is 0 Å². The number of aliphatic hydroxyl groups is 1. The van der Waals surface area contributed by atoms with Crippen molar-refractivity contribution in [3.8, 4) is 11.5 Å². The fraction of sp³-hybridized carbons (Fsp3) is 0.714. The van der Waals surface area contributed by atoms with Crippen LogP contribution in [0.3, 0.4) is 0 Å². The Bertz CT molecular complexity index is 563. The summed E-state index contributed by atoms with van der Waals surface area (Å²) in [7, 11) is 3.33. The van der Waals surface area contributed by atoms with Gasteiger partial charge in [0.15, 0.2) is 11.5 Å². The molecule has 1 aliphatic rings. The molecule has 1 aliphatic heterocycles. The van der Waals surface area contributed by atoms with Crippen LogP contribution in [0.1, 0.15) is 5.56 Å². The number of piperazine rings is 1. The van der Waals surface area contributed by atoms with Gasteiger partial charge in [-0.25, -0.2) is 0 Å². The van der Waals surface area contributed by atoms with Crippen molar-refractivity contribution in [2.45, 2.75) is 6.54 Å². The molecule has 0 radical (unpaired) electrons. The average molecular weight is 485 g/mol. The largest absolute Gasteiger partial charge is 0.493 e. The number of aliphatic hydroxyl groups excluding tert-OH is 1. The van der Waals surface area contributed by atoms with Crippen LogP contribution in [-0.2, 0) is 20.8 Å². The Morgan fingerprint density at radius 2 is 1.29 bits per heavy atom. The van der Waals surface area contributed by atoms with Gasteiger partial charge in [-0.1, -0.05) is 6.07 Å². The number of methoxy groups -OCH3 is 2. The van der Waals surface area contributed by atoms with Crippen molar-refractivity contribution >= 4 is 24.8 Å². The molecule has 0 aliphatic carbocycles. The molecule has 1 heterocycles. The summed E-state index contributed by atoms with van der Waals surface area (Å²) in [6.45, 7) is 9.41. The highest BCUT2D eigenvalue weighted by atomic mass is 35.5. The fourth-order valence-electron chi connectivity index (χ4n) is 3.21. The van der Waals surface area contributed by atoms with Crippen molar-refractivity contribution < 1.29 is 28.8 Å². The Hall–Kier alpha value is -0.840. The minimum Gasteiger partial charge on any atom is -0.493 e. The predicted octanol–water partition coefficient (Wildman–Crippen LogP) is 1.71. The van der Waals surface area contributed by atoms with Gasteiger partial charge in [0.1, 0.15) is 0 Å². The van der Waals surface area contributed by atoms with Crippen molar-refractivity contribution in [1.82, 2.24) is 9.80 Å². The van der Waals surface area contributed by atoms with E-state index in [1.165, 1.54) is 5.56 Å². The lowest BCUT2D eigenvalue weighted by Crippen LogP contribution is -2.46. The number of hydrogen-bond donors (Lipinski definition) is 1. The van der Waals surface area contributed by atoms with E-state index in [0.29, 0.717) is 33.0 Å². The molecule has 182 valence electrons. The third-order valence-electron chi connectivity index (χ3n) is 4.85. The molecule has 0 saturated carbocycles. The standard InChI is InChI=1S/C21H36N2O6.2ClH/c1-25-20-4-3-19(17-21(20)26-2)18-23-7-5-22(6-8-23)9-11-27-13-15-29-16-14-28-12-10-24;;/h3-4,17,24H,5-16,18H2,1-2H3;2*1H. The van der Waals surface area contributed by atoms with Crippen molar-refractivity contribution in [3.63, 3.8) is 0 Å². The normalized spacial score (nSPS) is 14.5. The summed E-state index contributed by atoms with van der Waals surface area (Å²) in [6.07, 6.45) is 0. The SMILES string of the molecule is COc1ccc(CN2CCN(CCOCCOCCOCCO)CC2)cc1OC.Cl.Cl. The molecular formula is C21H38Cl2N2O6. The van der Waals surface area contributed by atoms with Crippen molar-refractivity contribution in [2.24, 2.45) is 0 Å². The van der Waals surface area contributed by atoms with Crippen LogP contribution in [0.15, 0.2) is 18.2 Å². The summed E-state index contributed by atoms with van der Waals surface area (Å²) < 4.78 is 26.9. The van der Waals surface area contributed by atoms with E-state index in [1.807, 2.05) is 6.07 Å². The zero-order chi connectivity index (χ0) is 20.7. The second-order valence-corrected chi connectivity index (χ2v) is 6.87. The Labute approximate surface area is 198 Å². The molecule has 2 rings (SSSR count). The highest BCUT2D eigenvalue weighted by Crippen LogP contribution is 2.28. The molecule has 31 heavy (non-hydrogen) atoms. The predicted molar refractivity (Wildman–Crippen MR) is 125 cm³/mol. The van der Waals surface area contributed by atoms with Crippen molar-refractivity contribution in [2.75, 3.05) is 93.2 Å². The first-order valence-corrected chi connectivity index (χ1v) is 10.3. The Balaban J connectivity index is 0.00000450. The maximum absolute atomic E-state index is 8.59. The fourth-order valence-corrected chi connectivity index (χ4v) is 3.21. The highest BCUT2D eigenvalue weighted by Gasteiger charge is 2.17. The van der Waals surface area contributed by atoms with Crippen LogP contribution in [-0.4, -0.2) is 108 Å². The quantitative estimate of drug-likeness (QED) is 0.377. The number of rotatable bonds is 15. The zero-order valence-corrected chi connectivity index (χ0v) is 20.3. The van der Waals surface area contributed by atoms with Gasteiger partial charge >= 0.3 is 0 Å². The van der Waals surface area contributed by atoms with E-state index in [2.05, 4.69) is 21.9 Å². The molecule has 0 atom stereocenters. The number of benzene rings is 1. The smallest absolute Gasteiger partial charge is 0.161 e. The molecule has 1 fully saturated rings. The molecule has 0 spiro atoms. The summed E-state index contributed by atoms with van der Waals surface area (Å²) in [5.74, 6) is 1.55. The molecule has 1 N–H and O–H groups in total. The molecular weight excluding hydrogens is 447 g/mol. The first-order chi connectivity index (χ1) is 14.3. The van der Waals surface area contributed by atoms with Crippen LogP contribution < -0.4 is 9.47 Å². The second-order valence-electron chi connectivity index (χ2n) is 6.87. The van der Waals surface area contributed by atoms with E-state index >= 15 is 0 Å². The molecule has 1 aromatic rings. The number of halogens is 2. The van der Waals surface area contributed by atoms with Crippen molar-refractivity contribution in [1.29, 1.82) is 0 Å². The third kappa shape index (κ3) is 12.1. The van der Waals surface area contributed by atoms with Gasteiger partial charge in [0.05, 0.1) is 60.5 Å². The van der Waals surface area contributed by atoms with E-state index in [4.69, 9.17) is 28.8 Å². The van der Waals surface area contributed by atoms with Gasteiger partial charge in [-0.15, -0.1) is 24.8 Å². The van der Waals surface area contributed by atoms with Crippen LogP contribution in [0.4, 0.5) is 0 Å². The third-order valence-corrected chi connectivity index (χ3v) is 4.85. The molecule has 10 heteroatoms. The van der Waals surface area contributed by atoms with Gasteiger partial charge in [-0.05, 0) is 17.7 Å². The first kappa shape index (κ1) is 30.2. The topological polar surface area (TPSA) is 72.9 Å². The summed E-state index contributed by atoms with van der Waals surface area (Å²) in [5, 5.41) is 8.59. The van der Waals surface area contributed by atoms with Gasteiger partial charge in [-0.3, -0.25) is 9.80 Å². The number of ether oxygens (including phenoxy) is 5. The summed E-state index contributed by atoms with van der Waals surface area (Å²) >= 11 is 0. The lowest BCUT2D eigenvalue weighted by atomic mass is 10.1. The number of hydrogen-bond acceptors (Lipinski definition) is 8.